The third-order valence-corrected chi connectivity index (χ3v) is 4.87. The Morgan fingerprint density at radius 1 is 1.19 bits per heavy atom. The second kappa shape index (κ2) is 9.84. The lowest BCUT2D eigenvalue weighted by Gasteiger charge is -2.28. The van der Waals surface area contributed by atoms with Gasteiger partial charge in [-0.15, -0.1) is 0 Å². The minimum Gasteiger partial charge on any atom is -0.481 e. The zero-order valence-electron chi connectivity index (χ0n) is 15.4. The maximum absolute atomic E-state index is 5.38. The molecule has 2 fully saturated rings. The Labute approximate surface area is 160 Å². The van der Waals surface area contributed by atoms with E-state index >= 15 is 0 Å². The van der Waals surface area contributed by atoms with Crippen molar-refractivity contribution in [1.29, 1.82) is 0 Å². The third kappa shape index (κ3) is 5.65. The molecule has 0 bridgehead atoms. The van der Waals surface area contributed by atoms with E-state index in [1.807, 2.05) is 6.07 Å². The SMILES string of the molecule is COc1cc(N2CCCCC2)nc(NC(=S)NCCN2CCOCC2)n1. The van der Waals surface area contributed by atoms with Gasteiger partial charge >= 0.3 is 0 Å². The molecule has 0 spiro atoms. The summed E-state index contributed by atoms with van der Waals surface area (Å²) < 4.78 is 10.7. The lowest BCUT2D eigenvalue weighted by atomic mass is 10.1. The van der Waals surface area contributed by atoms with E-state index in [9.17, 15) is 0 Å². The minimum atomic E-state index is 0.466. The lowest BCUT2D eigenvalue weighted by molar-refractivity contribution is 0.0389. The number of hydrogen-bond donors (Lipinski definition) is 2. The standard InChI is InChI=1S/C17H28N6O2S/c1-24-15-13-14(23-6-3-2-4-7-23)19-16(20-15)21-17(26)18-5-8-22-9-11-25-12-10-22/h13H,2-12H2,1H3,(H2,18,19,20,21,26). The molecule has 144 valence electrons. The van der Waals surface area contributed by atoms with Crippen molar-refractivity contribution in [3.8, 4) is 5.88 Å². The van der Waals surface area contributed by atoms with Crippen LogP contribution < -0.4 is 20.3 Å². The summed E-state index contributed by atoms with van der Waals surface area (Å²) in [5.41, 5.74) is 0. The fraction of sp³-hybridized carbons (Fsp3) is 0.706. The van der Waals surface area contributed by atoms with E-state index in [0.717, 1.165) is 58.3 Å². The maximum atomic E-state index is 5.38. The molecule has 0 saturated carbocycles. The van der Waals surface area contributed by atoms with Crippen LogP contribution in [0.3, 0.4) is 0 Å². The molecule has 9 heteroatoms. The van der Waals surface area contributed by atoms with E-state index in [1.54, 1.807) is 7.11 Å². The van der Waals surface area contributed by atoms with Crippen molar-refractivity contribution in [2.24, 2.45) is 0 Å². The number of hydrogen-bond acceptors (Lipinski definition) is 7. The largest absolute Gasteiger partial charge is 0.481 e. The second-order valence-electron chi connectivity index (χ2n) is 6.47. The monoisotopic (exact) mass is 380 g/mol. The minimum absolute atomic E-state index is 0.466. The van der Waals surface area contributed by atoms with E-state index in [1.165, 1.54) is 19.3 Å². The fourth-order valence-electron chi connectivity index (χ4n) is 3.16. The van der Waals surface area contributed by atoms with Gasteiger partial charge in [0.1, 0.15) is 5.82 Å². The predicted octanol–water partition coefficient (Wildman–Crippen LogP) is 1.09. The number of piperidine rings is 1. The highest BCUT2D eigenvalue weighted by molar-refractivity contribution is 7.80. The molecular weight excluding hydrogens is 352 g/mol. The third-order valence-electron chi connectivity index (χ3n) is 4.62. The van der Waals surface area contributed by atoms with E-state index in [0.29, 0.717) is 16.9 Å². The molecule has 3 rings (SSSR count). The number of nitrogens with one attached hydrogen (secondary N) is 2. The highest BCUT2D eigenvalue weighted by Crippen LogP contribution is 2.22. The molecule has 26 heavy (non-hydrogen) atoms. The van der Waals surface area contributed by atoms with E-state index < -0.39 is 0 Å². The molecule has 0 aromatic carbocycles. The summed E-state index contributed by atoms with van der Waals surface area (Å²) in [7, 11) is 1.62. The molecule has 3 heterocycles. The van der Waals surface area contributed by atoms with Crippen molar-refractivity contribution < 1.29 is 9.47 Å². The first-order chi connectivity index (χ1) is 12.7. The smallest absolute Gasteiger partial charge is 0.234 e. The average Bonchev–Trinajstić information content (AvgIpc) is 2.69. The van der Waals surface area contributed by atoms with Crippen LogP contribution in [0, 0.1) is 0 Å². The number of morpholine rings is 1. The average molecular weight is 381 g/mol. The Balaban J connectivity index is 1.53. The summed E-state index contributed by atoms with van der Waals surface area (Å²) in [6.07, 6.45) is 3.66. The highest BCUT2D eigenvalue weighted by Gasteiger charge is 2.15. The predicted molar refractivity (Wildman–Crippen MR) is 106 cm³/mol. The molecule has 0 aliphatic carbocycles. The van der Waals surface area contributed by atoms with Gasteiger partial charge in [-0.3, -0.25) is 4.90 Å². The van der Waals surface area contributed by atoms with Crippen molar-refractivity contribution in [2.45, 2.75) is 19.3 Å². The Bertz CT molecular complexity index is 591. The molecular formula is C17H28N6O2S. The van der Waals surface area contributed by atoms with Gasteiger partial charge < -0.3 is 25.0 Å². The highest BCUT2D eigenvalue weighted by atomic mass is 32.1. The van der Waals surface area contributed by atoms with Crippen LogP contribution in [-0.4, -0.2) is 79.6 Å². The molecule has 0 atom stereocenters. The second-order valence-corrected chi connectivity index (χ2v) is 6.88. The van der Waals surface area contributed by atoms with Gasteiger partial charge in [0.05, 0.1) is 20.3 Å². The Morgan fingerprint density at radius 3 is 2.69 bits per heavy atom. The lowest BCUT2D eigenvalue weighted by Crippen LogP contribution is -2.42. The van der Waals surface area contributed by atoms with Crippen molar-refractivity contribution in [3.63, 3.8) is 0 Å². The van der Waals surface area contributed by atoms with Crippen LogP contribution in [0.5, 0.6) is 5.88 Å². The quantitative estimate of drug-likeness (QED) is 0.706. The topological polar surface area (TPSA) is 74.8 Å². The number of nitrogens with zero attached hydrogens (tertiary/aromatic N) is 4. The molecule has 8 nitrogen and oxygen atoms in total. The Morgan fingerprint density at radius 2 is 1.96 bits per heavy atom. The summed E-state index contributed by atoms with van der Waals surface area (Å²) in [6.45, 7) is 7.29. The summed E-state index contributed by atoms with van der Waals surface area (Å²) >= 11 is 5.38. The molecule has 2 saturated heterocycles. The van der Waals surface area contributed by atoms with Gasteiger partial charge in [0.2, 0.25) is 11.8 Å². The summed E-state index contributed by atoms with van der Waals surface area (Å²) in [5, 5.41) is 6.82. The van der Waals surface area contributed by atoms with Crippen molar-refractivity contribution in [1.82, 2.24) is 20.2 Å². The van der Waals surface area contributed by atoms with Crippen molar-refractivity contribution >= 4 is 29.1 Å². The first kappa shape index (κ1) is 19.1. The van der Waals surface area contributed by atoms with E-state index in [4.69, 9.17) is 21.7 Å². The van der Waals surface area contributed by atoms with Crippen LogP contribution in [0.25, 0.3) is 0 Å². The summed E-state index contributed by atoms with van der Waals surface area (Å²) in [6, 6.07) is 1.88. The number of rotatable bonds is 6. The van der Waals surface area contributed by atoms with E-state index in [-0.39, 0.29) is 0 Å². The first-order valence-corrected chi connectivity index (χ1v) is 9.68. The summed E-state index contributed by atoms with van der Waals surface area (Å²) in [5.74, 6) is 1.89. The normalized spacial score (nSPS) is 18.4. The van der Waals surface area contributed by atoms with Crippen molar-refractivity contribution in [3.05, 3.63) is 6.07 Å². The maximum Gasteiger partial charge on any atom is 0.234 e. The van der Waals surface area contributed by atoms with E-state index in [2.05, 4.69) is 30.4 Å². The molecule has 1 aromatic heterocycles. The molecule has 2 aliphatic heterocycles. The number of thiocarbonyl (C=S) groups is 1. The van der Waals surface area contributed by atoms with Gasteiger partial charge in [-0.05, 0) is 31.5 Å². The number of methoxy groups -OCH3 is 1. The molecule has 0 amide bonds. The van der Waals surface area contributed by atoms with Gasteiger partial charge in [0, 0.05) is 45.3 Å². The van der Waals surface area contributed by atoms with Gasteiger partial charge in [0.25, 0.3) is 0 Å². The molecule has 0 radical (unpaired) electrons. The van der Waals surface area contributed by atoms with Gasteiger partial charge in [0.15, 0.2) is 5.11 Å². The van der Waals surface area contributed by atoms with Crippen LogP contribution in [-0.2, 0) is 4.74 Å². The molecule has 2 N–H and O–H groups in total. The zero-order chi connectivity index (χ0) is 18.2. The van der Waals surface area contributed by atoms with Crippen LogP contribution in [0.4, 0.5) is 11.8 Å². The van der Waals surface area contributed by atoms with Crippen LogP contribution in [0.2, 0.25) is 0 Å². The number of anilines is 2. The number of aromatic nitrogens is 2. The van der Waals surface area contributed by atoms with Crippen LogP contribution in [0.1, 0.15) is 19.3 Å². The Hall–Kier alpha value is -1.71. The first-order valence-electron chi connectivity index (χ1n) is 9.27. The molecule has 2 aliphatic rings. The van der Waals surface area contributed by atoms with Crippen LogP contribution in [0.15, 0.2) is 6.07 Å². The van der Waals surface area contributed by atoms with Crippen molar-refractivity contribution in [2.75, 3.05) is 69.8 Å². The van der Waals surface area contributed by atoms with Gasteiger partial charge in [-0.25, -0.2) is 0 Å². The summed E-state index contributed by atoms with van der Waals surface area (Å²) in [4.78, 5) is 13.6. The number of ether oxygens (including phenoxy) is 2. The van der Waals surface area contributed by atoms with Crippen LogP contribution >= 0.6 is 12.2 Å². The van der Waals surface area contributed by atoms with Gasteiger partial charge in [-0.1, -0.05) is 0 Å². The fourth-order valence-corrected chi connectivity index (χ4v) is 3.35. The van der Waals surface area contributed by atoms with Gasteiger partial charge in [-0.2, -0.15) is 9.97 Å². The molecule has 0 unspecified atom stereocenters. The Kier molecular flexibility index (Phi) is 7.22. The molecule has 1 aromatic rings. The zero-order valence-corrected chi connectivity index (χ0v) is 16.2.